The second-order valence-corrected chi connectivity index (χ2v) is 4.78. The third-order valence-corrected chi connectivity index (χ3v) is 3.39. The Morgan fingerprint density at radius 1 is 1.05 bits per heavy atom. The average molecular weight is 269 g/mol. The summed E-state index contributed by atoms with van der Waals surface area (Å²) < 4.78 is 5.19. The van der Waals surface area contributed by atoms with Crippen LogP contribution in [0.25, 0.3) is 0 Å². The Hall–Kier alpha value is -2.29. The largest absolute Gasteiger partial charge is 0.497 e. The van der Waals surface area contributed by atoms with Crippen molar-refractivity contribution < 1.29 is 9.94 Å². The maximum atomic E-state index is 8.93. The van der Waals surface area contributed by atoms with Gasteiger partial charge in [0.05, 0.1) is 12.8 Å². The standard InChI is InChI=1S/C17H19NO2/c1-13(18-19)12-17(14-6-4-3-5-7-14)15-8-10-16(20-2)11-9-15/h3-11,17,19H,12H2,1-2H3/b18-13+. The van der Waals surface area contributed by atoms with E-state index in [2.05, 4.69) is 29.4 Å². The maximum Gasteiger partial charge on any atom is 0.118 e. The molecule has 0 radical (unpaired) electrons. The summed E-state index contributed by atoms with van der Waals surface area (Å²) in [6.07, 6.45) is 0.687. The smallest absolute Gasteiger partial charge is 0.118 e. The van der Waals surface area contributed by atoms with Gasteiger partial charge in [-0.2, -0.15) is 0 Å². The van der Waals surface area contributed by atoms with Gasteiger partial charge >= 0.3 is 0 Å². The van der Waals surface area contributed by atoms with Gasteiger partial charge in [-0.25, -0.2) is 0 Å². The molecule has 0 aliphatic heterocycles. The molecular formula is C17H19NO2. The molecule has 0 saturated carbocycles. The highest BCUT2D eigenvalue weighted by Gasteiger charge is 2.15. The summed E-state index contributed by atoms with van der Waals surface area (Å²) in [6, 6.07) is 18.3. The normalized spacial score (nSPS) is 13.0. The van der Waals surface area contributed by atoms with Crippen LogP contribution in [0.5, 0.6) is 5.75 Å². The lowest BCUT2D eigenvalue weighted by Crippen LogP contribution is -2.06. The van der Waals surface area contributed by atoms with Crippen molar-refractivity contribution in [2.24, 2.45) is 5.16 Å². The number of nitrogens with zero attached hydrogens (tertiary/aromatic N) is 1. The molecule has 20 heavy (non-hydrogen) atoms. The van der Waals surface area contributed by atoms with Gasteiger partial charge in [0.15, 0.2) is 0 Å². The van der Waals surface area contributed by atoms with E-state index in [1.807, 2.05) is 37.3 Å². The van der Waals surface area contributed by atoms with Gasteiger partial charge < -0.3 is 9.94 Å². The molecule has 0 bridgehead atoms. The Balaban J connectivity index is 2.35. The van der Waals surface area contributed by atoms with Crippen LogP contribution in [0.2, 0.25) is 0 Å². The van der Waals surface area contributed by atoms with Gasteiger partial charge in [-0.15, -0.1) is 0 Å². The van der Waals surface area contributed by atoms with Crippen LogP contribution >= 0.6 is 0 Å². The van der Waals surface area contributed by atoms with Crippen LogP contribution in [-0.4, -0.2) is 18.0 Å². The number of benzene rings is 2. The molecule has 0 aliphatic carbocycles. The second-order valence-electron chi connectivity index (χ2n) is 4.78. The minimum absolute atomic E-state index is 0.179. The molecule has 104 valence electrons. The van der Waals surface area contributed by atoms with E-state index in [4.69, 9.17) is 9.94 Å². The van der Waals surface area contributed by atoms with Gasteiger partial charge in [0.2, 0.25) is 0 Å². The van der Waals surface area contributed by atoms with Gasteiger partial charge in [0.25, 0.3) is 0 Å². The lowest BCUT2D eigenvalue weighted by Gasteiger charge is -2.18. The minimum Gasteiger partial charge on any atom is -0.497 e. The highest BCUT2D eigenvalue weighted by molar-refractivity contribution is 5.82. The zero-order chi connectivity index (χ0) is 14.4. The van der Waals surface area contributed by atoms with Gasteiger partial charge in [0.1, 0.15) is 5.75 Å². The van der Waals surface area contributed by atoms with E-state index in [0.717, 1.165) is 11.5 Å². The van der Waals surface area contributed by atoms with Gasteiger partial charge in [-0.1, -0.05) is 47.6 Å². The van der Waals surface area contributed by atoms with Crippen LogP contribution in [0.3, 0.4) is 0 Å². The van der Waals surface area contributed by atoms with Crippen molar-refractivity contribution >= 4 is 5.71 Å². The fourth-order valence-electron chi connectivity index (χ4n) is 2.29. The molecule has 0 saturated heterocycles. The third kappa shape index (κ3) is 3.38. The molecule has 0 fully saturated rings. The molecule has 0 aromatic heterocycles. The number of hydrogen-bond acceptors (Lipinski definition) is 3. The highest BCUT2D eigenvalue weighted by Crippen LogP contribution is 2.29. The number of methoxy groups -OCH3 is 1. The Labute approximate surface area is 119 Å². The fraction of sp³-hybridized carbons (Fsp3) is 0.235. The lowest BCUT2D eigenvalue weighted by atomic mass is 9.87. The topological polar surface area (TPSA) is 41.8 Å². The van der Waals surface area contributed by atoms with E-state index in [-0.39, 0.29) is 5.92 Å². The molecule has 1 unspecified atom stereocenters. The Kier molecular flexibility index (Phi) is 4.77. The first-order valence-corrected chi connectivity index (χ1v) is 6.61. The fourth-order valence-corrected chi connectivity index (χ4v) is 2.29. The van der Waals surface area contributed by atoms with Crippen LogP contribution in [0, 0.1) is 0 Å². The summed E-state index contributed by atoms with van der Waals surface area (Å²) in [4.78, 5) is 0. The molecule has 3 heteroatoms. The zero-order valence-electron chi connectivity index (χ0n) is 11.8. The predicted octanol–water partition coefficient (Wildman–Crippen LogP) is 4.07. The molecule has 0 aliphatic rings. The first kappa shape index (κ1) is 14.1. The Morgan fingerprint density at radius 3 is 2.20 bits per heavy atom. The highest BCUT2D eigenvalue weighted by atomic mass is 16.5. The van der Waals surface area contributed by atoms with Crippen LogP contribution in [0.4, 0.5) is 0 Å². The van der Waals surface area contributed by atoms with E-state index in [9.17, 15) is 0 Å². The predicted molar refractivity (Wildman–Crippen MR) is 80.8 cm³/mol. The molecule has 3 nitrogen and oxygen atoms in total. The number of hydrogen-bond donors (Lipinski definition) is 1. The molecular weight excluding hydrogens is 250 g/mol. The van der Waals surface area contributed by atoms with Gasteiger partial charge in [-0.05, 0) is 36.6 Å². The molecule has 1 N–H and O–H groups in total. The van der Waals surface area contributed by atoms with Crippen LogP contribution in [0.15, 0.2) is 59.8 Å². The monoisotopic (exact) mass is 269 g/mol. The van der Waals surface area contributed by atoms with Crippen molar-refractivity contribution in [3.8, 4) is 5.75 Å². The van der Waals surface area contributed by atoms with E-state index in [1.165, 1.54) is 11.1 Å². The Bertz CT molecular complexity index is 561. The quantitative estimate of drug-likeness (QED) is 0.505. The maximum absolute atomic E-state index is 8.93. The minimum atomic E-state index is 0.179. The molecule has 2 rings (SSSR count). The van der Waals surface area contributed by atoms with Crippen molar-refractivity contribution in [2.45, 2.75) is 19.3 Å². The summed E-state index contributed by atoms with van der Waals surface area (Å²) in [5, 5.41) is 12.2. The lowest BCUT2D eigenvalue weighted by molar-refractivity contribution is 0.317. The van der Waals surface area contributed by atoms with Gasteiger partial charge in [-0.3, -0.25) is 0 Å². The van der Waals surface area contributed by atoms with Gasteiger partial charge in [0, 0.05) is 5.92 Å². The third-order valence-electron chi connectivity index (χ3n) is 3.39. The summed E-state index contributed by atoms with van der Waals surface area (Å²) in [7, 11) is 1.66. The first-order valence-electron chi connectivity index (χ1n) is 6.61. The Morgan fingerprint density at radius 2 is 1.65 bits per heavy atom. The molecule has 0 spiro atoms. The number of oxime groups is 1. The number of rotatable bonds is 5. The van der Waals surface area contributed by atoms with Crippen LogP contribution < -0.4 is 4.74 Å². The van der Waals surface area contributed by atoms with E-state index < -0.39 is 0 Å². The molecule has 0 amide bonds. The van der Waals surface area contributed by atoms with Crippen molar-refractivity contribution in [2.75, 3.05) is 7.11 Å². The molecule has 1 atom stereocenters. The van der Waals surface area contributed by atoms with Crippen LogP contribution in [-0.2, 0) is 0 Å². The van der Waals surface area contributed by atoms with E-state index in [0.29, 0.717) is 6.42 Å². The summed E-state index contributed by atoms with van der Waals surface area (Å²) in [6.45, 7) is 1.83. The van der Waals surface area contributed by atoms with E-state index in [1.54, 1.807) is 7.11 Å². The van der Waals surface area contributed by atoms with Crippen molar-refractivity contribution in [3.63, 3.8) is 0 Å². The molecule has 0 heterocycles. The van der Waals surface area contributed by atoms with Crippen molar-refractivity contribution in [3.05, 3.63) is 65.7 Å². The average Bonchev–Trinajstić information content (AvgIpc) is 2.53. The van der Waals surface area contributed by atoms with E-state index >= 15 is 0 Å². The van der Waals surface area contributed by atoms with Crippen molar-refractivity contribution in [1.82, 2.24) is 0 Å². The zero-order valence-corrected chi connectivity index (χ0v) is 11.8. The molecule has 2 aromatic rings. The number of ether oxygens (including phenoxy) is 1. The summed E-state index contributed by atoms with van der Waals surface area (Å²) in [5.74, 6) is 1.02. The SMILES string of the molecule is COc1ccc(C(C/C(C)=N/O)c2ccccc2)cc1. The summed E-state index contributed by atoms with van der Waals surface area (Å²) in [5.41, 5.74) is 3.11. The molecule has 2 aromatic carbocycles. The summed E-state index contributed by atoms with van der Waals surface area (Å²) >= 11 is 0. The second kappa shape index (κ2) is 6.75. The van der Waals surface area contributed by atoms with Crippen LogP contribution in [0.1, 0.15) is 30.4 Å². The first-order chi connectivity index (χ1) is 9.74. The van der Waals surface area contributed by atoms with Crippen molar-refractivity contribution in [1.29, 1.82) is 0 Å².